The molecule has 0 amide bonds. The van der Waals surface area contributed by atoms with Crippen molar-refractivity contribution in [3.05, 3.63) is 0 Å². The van der Waals surface area contributed by atoms with E-state index in [1.807, 2.05) is 0 Å². The third-order valence-corrected chi connectivity index (χ3v) is 32.0. The smallest absolute Gasteiger partial charge is 0.0841 e. The fourth-order valence-electron chi connectivity index (χ4n) is 22.6. The zero-order valence-electron chi connectivity index (χ0n) is 97.2. The molecule has 0 rings (SSSR count). The molecular formula is C119H262N14+8. The number of rotatable bonds is 109. The SMILES string of the molecule is CCCCCCCC[N+](C)(C)CCCN(CCCNC)CCCN(CCCC[N+](CCCCCCCC)(CCCN(CCCN(C)C)CCC[N+](C)(C)CCCCCCCC)CCCN(CCC[N+](C)(C)CCCCCCCC)CCC[N+](C)(C)CCCCCCCC)CCC[N+](CCCCCCCC)(CCC[N+](C)(C)CCCCCCCC)CCC[N+](C)(C)CCCCCCCC. The van der Waals surface area contributed by atoms with Gasteiger partial charge in [0.05, 0.1) is 215 Å². The summed E-state index contributed by atoms with van der Waals surface area (Å²) in [6, 6.07) is 0. The first-order chi connectivity index (χ1) is 63.9. The van der Waals surface area contributed by atoms with E-state index in [1.54, 1.807) is 0 Å². The standard InChI is InChI=1S/C119H262N14/c1-24-32-40-48-56-65-100-126(12,13)106-77-93-123(89-74-86-120-9)92-76-91-122(97-81-117-133(113-72-63-55-47-39-31-8,118-84-110-130(20,21)104-69-60-52-44-36-28-5)119-85-111-131(22,23)105-70-61-53-45-37-29-6)88-64-73-114-132(112-71-62-54-46-38-30-7,115-82-98-124(90-75-87-121(10)11)94-78-107-127(14,15)101-66-57-49-41-33-25-2)116-83-99-125(95-79-108-128(16,17)102-67-58-50-42-34-26-3)96-80-109-129(18,19)103-68-59-51-43-35-27-4/h120H,24-119H2,1-23H3/q+8. The maximum Gasteiger partial charge on any atom is 0.0841 e. The molecule has 0 bridgehead atoms. The van der Waals surface area contributed by atoms with Gasteiger partial charge in [-0.15, -0.1) is 0 Å². The fraction of sp³-hybridized carbons (Fsp3) is 1.00. The Kier molecular flexibility index (Phi) is 87.6. The van der Waals surface area contributed by atoms with Crippen molar-refractivity contribution in [3.63, 3.8) is 0 Å². The van der Waals surface area contributed by atoms with Gasteiger partial charge in [-0.25, -0.2) is 0 Å². The van der Waals surface area contributed by atoms with E-state index in [0.717, 1.165) is 6.54 Å². The molecule has 0 aromatic rings. The van der Waals surface area contributed by atoms with Gasteiger partial charge >= 0.3 is 0 Å². The highest BCUT2D eigenvalue weighted by atomic mass is 15.4. The first kappa shape index (κ1) is 132. The number of hydrogen-bond donors (Lipinski definition) is 1. The number of hydrogen-bond acceptors (Lipinski definition) is 6. The third kappa shape index (κ3) is 84.5. The Hall–Kier alpha value is -0.560. The predicted octanol–water partition coefficient (Wildman–Crippen LogP) is 27.4. The molecule has 0 aromatic heterocycles. The maximum atomic E-state index is 3.57. The summed E-state index contributed by atoms with van der Waals surface area (Å²) < 4.78 is 9.85. The van der Waals surface area contributed by atoms with Crippen LogP contribution in [0.1, 0.15) is 453 Å². The number of nitrogens with zero attached hydrogens (tertiary/aromatic N) is 13. The van der Waals surface area contributed by atoms with Gasteiger partial charge in [0, 0.05) is 104 Å². The average molecular weight is 1890 g/mol. The van der Waals surface area contributed by atoms with Crippen LogP contribution in [0.5, 0.6) is 0 Å². The van der Waals surface area contributed by atoms with Crippen LogP contribution in [0.3, 0.4) is 0 Å². The predicted molar refractivity (Wildman–Crippen MR) is 600 cm³/mol. The second kappa shape index (κ2) is 88.0. The van der Waals surface area contributed by atoms with Gasteiger partial charge in [0.25, 0.3) is 0 Å². The molecule has 0 saturated heterocycles. The minimum absolute atomic E-state index is 1.12. The van der Waals surface area contributed by atoms with E-state index in [9.17, 15) is 0 Å². The van der Waals surface area contributed by atoms with Crippen molar-refractivity contribution in [2.45, 2.75) is 453 Å². The molecule has 0 saturated carbocycles. The minimum atomic E-state index is 1.12. The summed E-state index contributed by atoms with van der Waals surface area (Å²) in [6.07, 6.45) is 85.6. The molecule has 1 atom stereocenters. The Morgan fingerprint density at radius 3 is 0.504 bits per heavy atom. The lowest BCUT2D eigenvalue weighted by Gasteiger charge is -2.42. The largest absolute Gasteiger partial charge is 0.328 e. The van der Waals surface area contributed by atoms with Crippen LogP contribution in [0.15, 0.2) is 0 Å². The molecule has 14 heteroatoms. The van der Waals surface area contributed by atoms with Crippen molar-refractivity contribution in [3.8, 4) is 0 Å². The first-order valence-electron chi connectivity index (χ1n) is 60.7. The van der Waals surface area contributed by atoms with Crippen molar-refractivity contribution in [1.82, 2.24) is 29.8 Å². The summed E-state index contributed by atoms with van der Waals surface area (Å²) in [6.45, 7) is 63.3. The Morgan fingerprint density at radius 2 is 0.286 bits per heavy atom. The minimum Gasteiger partial charge on any atom is -0.328 e. The second-order valence-corrected chi connectivity index (χ2v) is 49.1. The molecule has 14 nitrogen and oxygen atoms in total. The van der Waals surface area contributed by atoms with Crippen molar-refractivity contribution in [1.29, 1.82) is 0 Å². The molecule has 0 aliphatic rings. The Balaban J connectivity index is 8.40. The highest BCUT2D eigenvalue weighted by Gasteiger charge is 2.33. The molecule has 133 heavy (non-hydrogen) atoms. The van der Waals surface area contributed by atoms with Crippen LogP contribution in [0.25, 0.3) is 0 Å². The second-order valence-electron chi connectivity index (χ2n) is 49.1. The summed E-state index contributed by atoms with van der Waals surface area (Å²) in [5.41, 5.74) is 0. The lowest BCUT2D eigenvalue weighted by Crippen LogP contribution is -2.54. The van der Waals surface area contributed by atoms with E-state index in [4.69, 9.17) is 0 Å². The van der Waals surface area contributed by atoms with Gasteiger partial charge < -0.3 is 65.7 Å². The highest BCUT2D eigenvalue weighted by Crippen LogP contribution is 2.25. The molecule has 1 N–H and O–H groups in total. The van der Waals surface area contributed by atoms with Gasteiger partial charge in [0.1, 0.15) is 0 Å². The normalized spacial score (nSPS) is 13.5. The monoisotopic (exact) mass is 1890 g/mol. The number of quaternary nitrogens is 8. The summed E-state index contributed by atoms with van der Waals surface area (Å²) >= 11 is 0. The number of unbranched alkanes of at least 4 members (excludes halogenated alkanes) is 41. The Morgan fingerprint density at radius 1 is 0.143 bits per heavy atom. The zero-order chi connectivity index (χ0) is 98.5. The van der Waals surface area contributed by atoms with Crippen LogP contribution in [-0.4, -0.2) is 389 Å². The molecule has 0 aliphatic carbocycles. The maximum absolute atomic E-state index is 3.57. The van der Waals surface area contributed by atoms with E-state index in [0.29, 0.717) is 0 Å². The van der Waals surface area contributed by atoms with Gasteiger partial charge in [-0.2, -0.15) is 0 Å². The lowest BCUT2D eigenvalue weighted by atomic mass is 10.1. The first-order valence-corrected chi connectivity index (χ1v) is 60.7. The van der Waals surface area contributed by atoms with Gasteiger partial charge in [-0.1, -0.05) is 261 Å². The van der Waals surface area contributed by atoms with Crippen molar-refractivity contribution >= 4 is 0 Å². The highest BCUT2D eigenvalue weighted by molar-refractivity contribution is 4.70. The van der Waals surface area contributed by atoms with E-state index < -0.39 is 0 Å². The topological polar surface area (TPSA) is 28.2 Å². The molecule has 0 radical (unpaired) electrons. The molecule has 0 fully saturated rings. The van der Waals surface area contributed by atoms with E-state index >= 15 is 0 Å². The molecule has 0 aliphatic heterocycles. The van der Waals surface area contributed by atoms with Crippen molar-refractivity contribution in [2.75, 3.05) is 328 Å². The Labute approximate surface area is 842 Å². The van der Waals surface area contributed by atoms with Crippen LogP contribution >= 0.6 is 0 Å². The van der Waals surface area contributed by atoms with Gasteiger partial charge in [0.2, 0.25) is 0 Å². The van der Waals surface area contributed by atoms with Crippen molar-refractivity contribution < 1.29 is 35.9 Å². The van der Waals surface area contributed by atoms with E-state index in [2.05, 4.69) is 191 Å². The zero-order valence-corrected chi connectivity index (χ0v) is 97.2. The van der Waals surface area contributed by atoms with E-state index in [1.165, 1.54) is 650 Å². The summed E-state index contributed by atoms with van der Waals surface area (Å²) in [5.74, 6) is 0. The molecule has 0 heterocycles. The van der Waals surface area contributed by atoms with Gasteiger partial charge in [-0.05, 0) is 202 Å². The molecular weight excluding hydrogens is 1630 g/mol. The van der Waals surface area contributed by atoms with Crippen LogP contribution in [0.4, 0.5) is 0 Å². The average Bonchev–Trinajstić information content (AvgIpc) is 0.849. The van der Waals surface area contributed by atoms with Crippen LogP contribution < -0.4 is 5.32 Å². The van der Waals surface area contributed by atoms with Gasteiger partial charge in [-0.3, -0.25) is 0 Å². The quantitative estimate of drug-likeness (QED) is 0.0482. The molecule has 0 spiro atoms. The lowest BCUT2D eigenvalue weighted by molar-refractivity contribution is -0.941. The fourth-order valence-corrected chi connectivity index (χ4v) is 22.6. The molecule has 800 valence electrons. The van der Waals surface area contributed by atoms with Crippen LogP contribution in [-0.2, 0) is 0 Å². The van der Waals surface area contributed by atoms with Crippen LogP contribution in [0, 0.1) is 0 Å². The number of nitrogens with one attached hydrogen (secondary N) is 1. The molecule has 0 aromatic carbocycles. The summed E-state index contributed by atoms with van der Waals surface area (Å²) in [7, 11) is 37.6. The summed E-state index contributed by atoms with van der Waals surface area (Å²) in [4.78, 5) is 14.5. The third-order valence-electron chi connectivity index (χ3n) is 32.0. The van der Waals surface area contributed by atoms with E-state index in [-0.39, 0.29) is 0 Å². The van der Waals surface area contributed by atoms with Crippen LogP contribution in [0.2, 0.25) is 0 Å². The van der Waals surface area contributed by atoms with Crippen molar-refractivity contribution in [2.24, 2.45) is 0 Å². The Bertz CT molecular complexity index is 2310. The summed E-state index contributed by atoms with van der Waals surface area (Å²) in [5, 5.41) is 3.57. The van der Waals surface area contributed by atoms with Gasteiger partial charge in [0.15, 0.2) is 0 Å². The molecule has 1 unspecified atom stereocenters.